The molecule has 0 amide bonds. The van der Waals surface area contributed by atoms with E-state index in [2.05, 4.69) is 68.5 Å². The Hall–Kier alpha value is -4.03. The summed E-state index contributed by atoms with van der Waals surface area (Å²) in [7, 11) is 0. The fourth-order valence-electron chi connectivity index (χ4n) is 4.75. The minimum atomic E-state index is 0.915. The smallest absolute Gasteiger partial charge is 0.104 e. The Labute approximate surface area is 193 Å². The number of H-pyrrole nitrogens is 2. The number of aryl methyl sites for hydroxylation is 2. The lowest BCUT2D eigenvalue weighted by atomic mass is 9.96. The van der Waals surface area contributed by atoms with Crippen LogP contribution in [0, 0.1) is 13.8 Å². The number of thiophene rings is 1. The second kappa shape index (κ2) is 6.73. The second-order valence-corrected chi connectivity index (χ2v) is 9.56. The number of hydrogen-bond acceptors (Lipinski definition) is 4. The third-order valence-corrected chi connectivity index (χ3v) is 7.43. The molecule has 3 aromatic carbocycles. The Balaban J connectivity index is 1.43. The Kier molecular flexibility index (Phi) is 3.78. The van der Waals surface area contributed by atoms with Gasteiger partial charge in [-0.05, 0) is 65.4 Å². The molecule has 33 heavy (non-hydrogen) atoms. The van der Waals surface area contributed by atoms with Crippen LogP contribution in [0.1, 0.15) is 11.6 Å². The van der Waals surface area contributed by atoms with E-state index in [9.17, 15) is 0 Å². The number of nitrogens with one attached hydrogen (secondary N) is 2. The molecule has 4 heterocycles. The van der Waals surface area contributed by atoms with Gasteiger partial charge in [0.1, 0.15) is 11.6 Å². The first-order valence-corrected chi connectivity index (χ1v) is 11.7. The zero-order chi connectivity index (χ0) is 22.1. The number of fused-ring (bicyclic) bond motifs is 7. The van der Waals surface area contributed by atoms with Gasteiger partial charge in [0, 0.05) is 27.9 Å². The van der Waals surface area contributed by atoms with Gasteiger partial charge in [-0.15, -0.1) is 11.3 Å². The van der Waals surface area contributed by atoms with E-state index in [4.69, 9.17) is 4.98 Å². The molecule has 0 saturated carbocycles. The molecule has 0 radical (unpaired) electrons. The van der Waals surface area contributed by atoms with E-state index in [1.807, 2.05) is 32.4 Å². The fraction of sp³-hybridized carbons (Fsp3) is 0.0741. The normalized spacial score (nSPS) is 11.9. The Morgan fingerprint density at radius 3 is 2.52 bits per heavy atom. The van der Waals surface area contributed by atoms with Gasteiger partial charge in [0.15, 0.2) is 0 Å². The Bertz CT molecular complexity index is 1850. The minimum Gasteiger partial charge on any atom is -0.342 e. The molecule has 2 N–H and O–H groups in total. The Morgan fingerprint density at radius 1 is 0.758 bits per heavy atom. The van der Waals surface area contributed by atoms with E-state index in [1.54, 1.807) is 11.3 Å². The van der Waals surface area contributed by atoms with E-state index >= 15 is 0 Å². The maximum Gasteiger partial charge on any atom is 0.104 e. The number of aromatic nitrogens is 5. The van der Waals surface area contributed by atoms with Crippen molar-refractivity contribution in [1.29, 1.82) is 0 Å². The fourth-order valence-corrected chi connectivity index (χ4v) is 5.82. The van der Waals surface area contributed by atoms with Gasteiger partial charge in [-0.2, -0.15) is 0 Å². The summed E-state index contributed by atoms with van der Waals surface area (Å²) in [5.41, 5.74) is 5.53. The van der Waals surface area contributed by atoms with Crippen LogP contribution in [0.15, 0.2) is 67.1 Å². The summed E-state index contributed by atoms with van der Waals surface area (Å²) in [5, 5.41) is 5.89. The summed E-state index contributed by atoms with van der Waals surface area (Å²) in [6.07, 6.45) is 5.68. The first kappa shape index (κ1) is 18.5. The van der Waals surface area contributed by atoms with E-state index in [1.165, 1.54) is 42.2 Å². The van der Waals surface area contributed by atoms with Crippen LogP contribution in [0.2, 0.25) is 0 Å². The number of imidazole rings is 2. The van der Waals surface area contributed by atoms with E-state index in [-0.39, 0.29) is 0 Å². The molecular formula is C27H19N5S. The van der Waals surface area contributed by atoms with E-state index in [0.29, 0.717) is 0 Å². The molecule has 0 aliphatic heterocycles. The largest absolute Gasteiger partial charge is 0.342 e. The summed E-state index contributed by atoms with van der Waals surface area (Å²) in [5.74, 6) is 1.85. The van der Waals surface area contributed by atoms with Crippen LogP contribution in [-0.4, -0.2) is 24.9 Å². The average Bonchev–Trinajstić information content (AvgIpc) is 3.56. The molecule has 0 bridgehead atoms. The van der Waals surface area contributed by atoms with Crippen LogP contribution in [-0.2, 0) is 0 Å². The second-order valence-electron chi connectivity index (χ2n) is 8.47. The van der Waals surface area contributed by atoms with Gasteiger partial charge in [0.25, 0.3) is 0 Å². The van der Waals surface area contributed by atoms with Gasteiger partial charge < -0.3 is 9.97 Å². The molecule has 0 saturated heterocycles. The minimum absolute atomic E-state index is 0.915. The summed E-state index contributed by atoms with van der Waals surface area (Å²) in [4.78, 5) is 21.4. The average molecular weight is 446 g/mol. The lowest BCUT2D eigenvalue weighted by Crippen LogP contribution is -1.85. The van der Waals surface area contributed by atoms with Gasteiger partial charge in [-0.3, -0.25) is 4.98 Å². The van der Waals surface area contributed by atoms with E-state index < -0.39 is 0 Å². The van der Waals surface area contributed by atoms with Crippen molar-refractivity contribution in [3.63, 3.8) is 0 Å². The molecule has 5 nitrogen and oxygen atoms in total. The van der Waals surface area contributed by atoms with Crippen molar-refractivity contribution in [3.05, 3.63) is 78.8 Å². The maximum atomic E-state index is 4.73. The first-order chi connectivity index (χ1) is 16.1. The highest BCUT2D eigenvalue weighted by molar-refractivity contribution is 7.22. The number of hydrogen-bond donors (Lipinski definition) is 2. The lowest BCUT2D eigenvalue weighted by molar-refractivity contribution is 1.15. The van der Waals surface area contributed by atoms with Crippen LogP contribution in [0.4, 0.5) is 0 Å². The van der Waals surface area contributed by atoms with Crippen molar-refractivity contribution in [2.45, 2.75) is 13.8 Å². The topological polar surface area (TPSA) is 70.2 Å². The molecule has 0 fully saturated rings. The predicted octanol–water partition coefficient (Wildman–Crippen LogP) is 7.15. The zero-order valence-corrected chi connectivity index (χ0v) is 18.9. The molecule has 0 unspecified atom stereocenters. The van der Waals surface area contributed by atoms with Crippen molar-refractivity contribution in [2.24, 2.45) is 0 Å². The number of benzene rings is 3. The van der Waals surface area contributed by atoms with Crippen LogP contribution in [0.3, 0.4) is 0 Å². The predicted molar refractivity (Wildman–Crippen MR) is 137 cm³/mol. The number of pyridine rings is 1. The number of nitrogens with zero attached hydrogens (tertiary/aromatic N) is 3. The molecule has 7 aromatic rings. The highest BCUT2D eigenvalue weighted by Crippen LogP contribution is 2.38. The van der Waals surface area contributed by atoms with Gasteiger partial charge in [0.05, 0.1) is 27.8 Å². The zero-order valence-electron chi connectivity index (χ0n) is 18.1. The third kappa shape index (κ3) is 2.81. The van der Waals surface area contributed by atoms with Crippen LogP contribution in [0.5, 0.6) is 0 Å². The molecule has 6 heteroatoms. The van der Waals surface area contributed by atoms with Crippen LogP contribution < -0.4 is 0 Å². The Morgan fingerprint density at radius 2 is 1.64 bits per heavy atom. The summed E-state index contributed by atoms with van der Waals surface area (Å²) in [6, 6.07) is 17.7. The van der Waals surface area contributed by atoms with Crippen molar-refractivity contribution in [3.8, 4) is 21.7 Å². The van der Waals surface area contributed by atoms with Crippen LogP contribution in [0.25, 0.3) is 64.4 Å². The molecule has 0 spiro atoms. The van der Waals surface area contributed by atoms with Gasteiger partial charge >= 0.3 is 0 Å². The molecule has 0 aliphatic rings. The van der Waals surface area contributed by atoms with Gasteiger partial charge in [0.2, 0.25) is 0 Å². The molecule has 7 rings (SSSR count). The quantitative estimate of drug-likeness (QED) is 0.278. The van der Waals surface area contributed by atoms with Gasteiger partial charge in [-0.25, -0.2) is 9.97 Å². The maximum absolute atomic E-state index is 4.73. The monoisotopic (exact) mass is 445 g/mol. The van der Waals surface area contributed by atoms with Crippen molar-refractivity contribution in [2.75, 3.05) is 0 Å². The van der Waals surface area contributed by atoms with Crippen molar-refractivity contribution in [1.82, 2.24) is 24.9 Å². The van der Waals surface area contributed by atoms with E-state index in [0.717, 1.165) is 33.8 Å². The summed E-state index contributed by atoms with van der Waals surface area (Å²) < 4.78 is 1.27. The molecule has 0 aliphatic carbocycles. The standard InChI is InChI=1S/C27H19N5S/c1-14-29-13-23(30-14)25-11-18-4-3-17(10-24(18)33-25)16-5-6-20-21(9-16)19-7-8-28-12-22(19)27-26(20)31-15(2)32-27/h3-13H,1-2H3,(H,29,30)(H,31,32). The van der Waals surface area contributed by atoms with Crippen molar-refractivity contribution < 1.29 is 0 Å². The molecular weight excluding hydrogens is 426 g/mol. The molecule has 158 valence electrons. The van der Waals surface area contributed by atoms with Crippen molar-refractivity contribution >= 4 is 54.0 Å². The lowest BCUT2D eigenvalue weighted by Gasteiger charge is -2.09. The van der Waals surface area contributed by atoms with Gasteiger partial charge in [-0.1, -0.05) is 24.3 Å². The molecule has 0 atom stereocenters. The highest BCUT2D eigenvalue weighted by atomic mass is 32.1. The SMILES string of the molecule is Cc1ncc(-c2cc3ccc(-c4ccc5c(c4)c4ccncc4c4nc(C)[nH]c54)cc3s2)[nH]1. The number of rotatable bonds is 2. The van der Waals surface area contributed by atoms with Crippen LogP contribution >= 0.6 is 11.3 Å². The molecule has 4 aromatic heterocycles. The number of aromatic amines is 2. The highest BCUT2D eigenvalue weighted by Gasteiger charge is 2.14. The third-order valence-electron chi connectivity index (χ3n) is 6.30. The summed E-state index contributed by atoms with van der Waals surface area (Å²) in [6.45, 7) is 3.98. The summed E-state index contributed by atoms with van der Waals surface area (Å²) >= 11 is 1.79. The first-order valence-electron chi connectivity index (χ1n) is 10.9.